The predicted molar refractivity (Wildman–Crippen MR) is 163 cm³/mol. The molecule has 0 aliphatic carbocycles. The second kappa shape index (κ2) is 18.1. The maximum atomic E-state index is 12.4. The lowest BCUT2D eigenvalue weighted by atomic mass is 9.91. The summed E-state index contributed by atoms with van der Waals surface area (Å²) in [6, 6.07) is 13.8. The molecule has 0 saturated heterocycles. The molecule has 220 valence electrons. The molecular formula is C32H48N4O4. The van der Waals surface area contributed by atoms with Gasteiger partial charge in [-0.3, -0.25) is 14.9 Å². The number of ether oxygens (including phenoxy) is 1. The number of carbonyl (C=O) groups is 1. The van der Waals surface area contributed by atoms with E-state index in [1.807, 2.05) is 45.0 Å². The maximum absolute atomic E-state index is 12.4. The van der Waals surface area contributed by atoms with E-state index < -0.39 is 10.3 Å². The third kappa shape index (κ3) is 12.3. The Morgan fingerprint density at radius 1 is 0.800 bits per heavy atom. The van der Waals surface area contributed by atoms with Crippen molar-refractivity contribution in [3.8, 4) is 0 Å². The number of carbonyl (C=O) groups excluding carboxylic acids is 1. The van der Waals surface area contributed by atoms with Gasteiger partial charge in [0, 0.05) is 24.4 Å². The third-order valence-electron chi connectivity index (χ3n) is 7.37. The minimum absolute atomic E-state index is 0.0229. The third-order valence-corrected chi connectivity index (χ3v) is 7.37. The van der Waals surface area contributed by atoms with Crippen LogP contribution in [0, 0.1) is 15.5 Å². The summed E-state index contributed by atoms with van der Waals surface area (Å²) in [5.74, 6) is -0.157. The molecule has 2 aromatic rings. The second-order valence-electron chi connectivity index (χ2n) is 11.0. The molecule has 0 atom stereocenters. The van der Waals surface area contributed by atoms with Gasteiger partial charge in [0.15, 0.2) is 0 Å². The number of esters is 1. The van der Waals surface area contributed by atoms with Crippen LogP contribution < -0.4 is 4.90 Å². The molecule has 0 heterocycles. The monoisotopic (exact) mass is 552 g/mol. The highest BCUT2D eigenvalue weighted by Gasteiger charge is 2.27. The average Bonchev–Trinajstić information content (AvgIpc) is 2.96. The minimum Gasteiger partial charge on any atom is -0.463 e. The Kier molecular flexibility index (Phi) is 14.9. The van der Waals surface area contributed by atoms with Gasteiger partial charge in [0.25, 0.3) is 5.69 Å². The molecule has 0 aliphatic heterocycles. The lowest BCUT2D eigenvalue weighted by molar-refractivity contribution is -0.384. The fourth-order valence-corrected chi connectivity index (χ4v) is 4.23. The number of anilines is 1. The molecule has 8 heteroatoms. The Bertz CT molecular complexity index is 1040. The molecular weight excluding hydrogens is 504 g/mol. The summed E-state index contributed by atoms with van der Waals surface area (Å²) >= 11 is 0. The van der Waals surface area contributed by atoms with Crippen molar-refractivity contribution >= 4 is 28.7 Å². The molecule has 2 aromatic carbocycles. The number of hydrogen-bond acceptors (Lipinski definition) is 7. The normalized spacial score (nSPS) is 11.6. The molecule has 0 radical (unpaired) electrons. The highest BCUT2D eigenvalue weighted by atomic mass is 16.6. The number of nitro benzene ring substituents is 1. The van der Waals surface area contributed by atoms with Crippen molar-refractivity contribution in [1.82, 2.24) is 0 Å². The van der Waals surface area contributed by atoms with Crippen LogP contribution in [0.1, 0.15) is 98.3 Å². The van der Waals surface area contributed by atoms with E-state index in [0.29, 0.717) is 24.5 Å². The molecule has 0 amide bonds. The number of nitro groups is 1. The average molecular weight is 553 g/mol. The molecule has 0 aliphatic rings. The smallest absolute Gasteiger partial charge is 0.311 e. The molecule has 0 aromatic heterocycles. The minimum atomic E-state index is -0.475. The van der Waals surface area contributed by atoms with Gasteiger partial charge in [-0.05, 0) is 63.1 Å². The van der Waals surface area contributed by atoms with E-state index in [0.717, 1.165) is 25.1 Å². The molecule has 0 saturated carbocycles. The number of hydrogen-bond donors (Lipinski definition) is 0. The summed E-state index contributed by atoms with van der Waals surface area (Å²) < 4.78 is 5.63. The van der Waals surface area contributed by atoms with Crippen LogP contribution in [-0.2, 0) is 9.53 Å². The van der Waals surface area contributed by atoms with Gasteiger partial charge < -0.3 is 9.64 Å². The Hall–Kier alpha value is -3.29. The van der Waals surface area contributed by atoms with Crippen molar-refractivity contribution < 1.29 is 14.5 Å². The lowest BCUT2D eigenvalue weighted by Crippen LogP contribution is -2.32. The van der Waals surface area contributed by atoms with Gasteiger partial charge in [0.2, 0.25) is 0 Å². The largest absolute Gasteiger partial charge is 0.463 e. The summed E-state index contributed by atoms with van der Waals surface area (Å²) in [4.78, 5) is 25.1. The van der Waals surface area contributed by atoms with E-state index in [2.05, 4.69) is 22.1 Å². The standard InChI is InChI=1S/C32H48N4O4/c1-5-7-8-9-10-11-12-13-14-15-24-35(25-26-40-31(37)32(3,4)6-2)29-20-16-27(17-21-29)33-34-28-18-22-30(23-19-28)36(38)39/h16-23H,5-15,24-26H2,1-4H3. The number of unbranched alkanes of at least 4 members (excludes halogenated alkanes) is 9. The first-order valence-corrected chi connectivity index (χ1v) is 14.9. The number of nitrogens with zero attached hydrogens (tertiary/aromatic N) is 4. The molecule has 40 heavy (non-hydrogen) atoms. The summed E-state index contributed by atoms with van der Waals surface area (Å²) in [5.41, 5.74) is 1.84. The molecule has 0 fully saturated rings. The van der Waals surface area contributed by atoms with E-state index >= 15 is 0 Å². The highest BCUT2D eigenvalue weighted by Crippen LogP contribution is 2.25. The van der Waals surface area contributed by atoms with Crippen molar-refractivity contribution in [2.45, 2.75) is 98.3 Å². The van der Waals surface area contributed by atoms with Crippen LogP contribution in [0.25, 0.3) is 0 Å². The first-order valence-electron chi connectivity index (χ1n) is 14.9. The first-order chi connectivity index (χ1) is 19.3. The van der Waals surface area contributed by atoms with Crippen LogP contribution in [0.3, 0.4) is 0 Å². The van der Waals surface area contributed by atoms with E-state index in [1.54, 1.807) is 12.1 Å². The SMILES string of the molecule is CCCCCCCCCCCCN(CCOC(=O)C(C)(C)CC)c1ccc(N=Nc2ccc([N+](=O)[O-])cc2)cc1. The summed E-state index contributed by atoms with van der Waals surface area (Å²) in [6.07, 6.45) is 13.6. The van der Waals surface area contributed by atoms with Gasteiger partial charge in [-0.25, -0.2) is 0 Å². The number of non-ortho nitro benzene ring substituents is 1. The molecule has 2 rings (SSSR count). The fourth-order valence-electron chi connectivity index (χ4n) is 4.23. The zero-order valence-electron chi connectivity index (χ0n) is 24.9. The maximum Gasteiger partial charge on any atom is 0.311 e. The zero-order chi connectivity index (χ0) is 29.2. The van der Waals surface area contributed by atoms with Gasteiger partial charge in [0.1, 0.15) is 6.61 Å². The summed E-state index contributed by atoms with van der Waals surface area (Å²) in [6.45, 7) is 9.97. The Balaban J connectivity index is 1.92. The fraction of sp³-hybridized carbons (Fsp3) is 0.594. The van der Waals surface area contributed by atoms with Gasteiger partial charge in [-0.1, -0.05) is 71.6 Å². The number of rotatable bonds is 20. The van der Waals surface area contributed by atoms with E-state index in [4.69, 9.17) is 4.74 Å². The van der Waals surface area contributed by atoms with E-state index in [-0.39, 0.29) is 11.7 Å². The van der Waals surface area contributed by atoms with Gasteiger partial charge in [-0.15, -0.1) is 0 Å². The van der Waals surface area contributed by atoms with Crippen LogP contribution in [0.2, 0.25) is 0 Å². The lowest BCUT2D eigenvalue weighted by Gasteiger charge is -2.26. The van der Waals surface area contributed by atoms with Crippen LogP contribution in [-0.4, -0.2) is 30.6 Å². The molecule has 8 nitrogen and oxygen atoms in total. The van der Waals surface area contributed by atoms with Crippen molar-refractivity contribution in [3.05, 3.63) is 58.6 Å². The predicted octanol–water partition coefficient (Wildman–Crippen LogP) is 9.72. The molecule has 0 bridgehead atoms. The topological polar surface area (TPSA) is 97.4 Å². The second-order valence-corrected chi connectivity index (χ2v) is 11.0. The van der Waals surface area contributed by atoms with Crippen LogP contribution in [0.15, 0.2) is 58.8 Å². The molecule has 0 spiro atoms. The van der Waals surface area contributed by atoms with E-state index in [1.165, 1.54) is 69.9 Å². The zero-order valence-corrected chi connectivity index (χ0v) is 24.9. The number of azo groups is 1. The van der Waals surface area contributed by atoms with Gasteiger partial charge in [-0.2, -0.15) is 10.2 Å². The molecule has 0 unspecified atom stereocenters. The molecule has 0 N–H and O–H groups in total. The van der Waals surface area contributed by atoms with Crippen molar-refractivity contribution in [3.63, 3.8) is 0 Å². The van der Waals surface area contributed by atoms with Crippen LogP contribution >= 0.6 is 0 Å². The number of benzene rings is 2. The van der Waals surface area contributed by atoms with E-state index in [9.17, 15) is 14.9 Å². The van der Waals surface area contributed by atoms with Crippen molar-refractivity contribution in [2.75, 3.05) is 24.6 Å². The van der Waals surface area contributed by atoms with Crippen molar-refractivity contribution in [2.24, 2.45) is 15.6 Å². The van der Waals surface area contributed by atoms with Gasteiger partial charge in [0.05, 0.1) is 28.3 Å². The summed E-state index contributed by atoms with van der Waals surface area (Å²) in [7, 11) is 0. The Labute approximate surface area is 240 Å². The Morgan fingerprint density at radius 3 is 1.80 bits per heavy atom. The highest BCUT2D eigenvalue weighted by molar-refractivity contribution is 5.75. The Morgan fingerprint density at radius 2 is 1.30 bits per heavy atom. The van der Waals surface area contributed by atoms with Crippen molar-refractivity contribution in [1.29, 1.82) is 0 Å². The summed E-state index contributed by atoms with van der Waals surface area (Å²) in [5, 5.41) is 19.3. The first kappa shape index (κ1) is 32.9. The van der Waals surface area contributed by atoms with Crippen LogP contribution in [0.4, 0.5) is 22.7 Å². The van der Waals surface area contributed by atoms with Crippen LogP contribution in [0.5, 0.6) is 0 Å². The van der Waals surface area contributed by atoms with Gasteiger partial charge >= 0.3 is 5.97 Å². The quantitative estimate of drug-likeness (QED) is 0.0535.